The maximum atomic E-state index is 5.68. The number of nitrogens with two attached hydrogens (primary N) is 1. The third-order valence-corrected chi connectivity index (χ3v) is 2.86. The highest BCUT2D eigenvalue weighted by Gasteiger charge is 2.13. The maximum Gasteiger partial charge on any atom is 0.146 e. The van der Waals surface area contributed by atoms with Crippen LogP contribution in [0.2, 0.25) is 0 Å². The molecule has 0 amide bonds. The van der Waals surface area contributed by atoms with E-state index in [0.29, 0.717) is 18.4 Å². The lowest BCUT2D eigenvalue weighted by molar-refractivity contribution is 0.466. The lowest BCUT2D eigenvalue weighted by Crippen LogP contribution is -2.16. The molecule has 0 aromatic carbocycles. The molecule has 0 fully saturated rings. The second-order valence-electron chi connectivity index (χ2n) is 4.96. The molecule has 1 aromatic rings. The van der Waals surface area contributed by atoms with Crippen LogP contribution >= 0.6 is 0 Å². The van der Waals surface area contributed by atoms with Gasteiger partial charge in [0.15, 0.2) is 0 Å². The summed E-state index contributed by atoms with van der Waals surface area (Å²) in [7, 11) is 0. The van der Waals surface area contributed by atoms with Crippen molar-refractivity contribution in [2.75, 3.05) is 0 Å². The highest BCUT2D eigenvalue weighted by Crippen LogP contribution is 2.13. The van der Waals surface area contributed by atoms with E-state index < -0.39 is 0 Å². The van der Waals surface area contributed by atoms with E-state index in [2.05, 4.69) is 42.5 Å². The standard InChI is InChI=1S/C12H24N4/c1-5-10(4)6-11-14-15-12(7-13)16(11)8-9(2)3/h9-10H,5-8,13H2,1-4H3. The summed E-state index contributed by atoms with van der Waals surface area (Å²) in [5, 5.41) is 8.42. The molecule has 0 aliphatic rings. The van der Waals surface area contributed by atoms with E-state index in [1.54, 1.807) is 0 Å². The van der Waals surface area contributed by atoms with Gasteiger partial charge in [-0.25, -0.2) is 0 Å². The van der Waals surface area contributed by atoms with Crippen molar-refractivity contribution in [2.24, 2.45) is 17.6 Å². The van der Waals surface area contributed by atoms with E-state index in [1.807, 2.05) is 0 Å². The third kappa shape index (κ3) is 3.30. The van der Waals surface area contributed by atoms with Crippen molar-refractivity contribution in [1.82, 2.24) is 14.8 Å². The van der Waals surface area contributed by atoms with Crippen LogP contribution < -0.4 is 5.73 Å². The van der Waals surface area contributed by atoms with Gasteiger partial charge in [0.25, 0.3) is 0 Å². The second-order valence-corrected chi connectivity index (χ2v) is 4.96. The summed E-state index contributed by atoms with van der Waals surface area (Å²) in [5.41, 5.74) is 5.68. The molecule has 2 N–H and O–H groups in total. The summed E-state index contributed by atoms with van der Waals surface area (Å²) in [5.74, 6) is 3.24. The lowest BCUT2D eigenvalue weighted by atomic mass is 10.0. The van der Waals surface area contributed by atoms with Crippen LogP contribution in [0.25, 0.3) is 0 Å². The number of hydrogen-bond donors (Lipinski definition) is 1. The van der Waals surface area contributed by atoms with E-state index in [0.717, 1.165) is 24.6 Å². The second kappa shape index (κ2) is 5.99. The molecule has 1 rings (SSSR count). The van der Waals surface area contributed by atoms with E-state index >= 15 is 0 Å². The zero-order chi connectivity index (χ0) is 12.1. The fraction of sp³-hybridized carbons (Fsp3) is 0.833. The Morgan fingerprint density at radius 3 is 2.31 bits per heavy atom. The quantitative estimate of drug-likeness (QED) is 0.804. The monoisotopic (exact) mass is 224 g/mol. The van der Waals surface area contributed by atoms with Crippen LogP contribution in [0, 0.1) is 11.8 Å². The zero-order valence-corrected chi connectivity index (χ0v) is 10.9. The molecule has 1 heterocycles. The van der Waals surface area contributed by atoms with Gasteiger partial charge in [0.2, 0.25) is 0 Å². The molecule has 0 aliphatic heterocycles. The van der Waals surface area contributed by atoms with Gasteiger partial charge in [-0.1, -0.05) is 34.1 Å². The zero-order valence-electron chi connectivity index (χ0n) is 10.9. The first-order valence-corrected chi connectivity index (χ1v) is 6.19. The highest BCUT2D eigenvalue weighted by atomic mass is 15.3. The summed E-state index contributed by atoms with van der Waals surface area (Å²) >= 11 is 0. The van der Waals surface area contributed by atoms with Crippen LogP contribution in [0.1, 0.15) is 45.8 Å². The predicted molar refractivity (Wildman–Crippen MR) is 65.9 cm³/mol. The van der Waals surface area contributed by atoms with E-state index in [1.165, 1.54) is 6.42 Å². The van der Waals surface area contributed by atoms with Gasteiger partial charge in [-0.2, -0.15) is 0 Å². The highest BCUT2D eigenvalue weighted by molar-refractivity contribution is 4.97. The summed E-state index contributed by atoms with van der Waals surface area (Å²) in [4.78, 5) is 0. The van der Waals surface area contributed by atoms with Crippen molar-refractivity contribution in [3.8, 4) is 0 Å². The Morgan fingerprint density at radius 2 is 1.81 bits per heavy atom. The molecule has 1 unspecified atom stereocenters. The van der Waals surface area contributed by atoms with E-state index in [-0.39, 0.29) is 0 Å². The summed E-state index contributed by atoms with van der Waals surface area (Å²) in [6.45, 7) is 10.3. The van der Waals surface area contributed by atoms with Crippen LogP contribution in [0.5, 0.6) is 0 Å². The smallest absolute Gasteiger partial charge is 0.146 e. The van der Waals surface area contributed by atoms with Crippen molar-refractivity contribution in [1.29, 1.82) is 0 Å². The molecule has 92 valence electrons. The van der Waals surface area contributed by atoms with E-state index in [9.17, 15) is 0 Å². The Bertz CT molecular complexity index is 317. The molecule has 0 saturated heterocycles. The molecular formula is C12H24N4. The van der Waals surface area contributed by atoms with E-state index in [4.69, 9.17) is 5.73 Å². The molecule has 0 spiro atoms. The molecule has 1 aromatic heterocycles. The first kappa shape index (κ1) is 13.2. The molecule has 4 nitrogen and oxygen atoms in total. The summed E-state index contributed by atoms with van der Waals surface area (Å²) < 4.78 is 2.19. The lowest BCUT2D eigenvalue weighted by Gasteiger charge is -2.13. The number of rotatable bonds is 6. The Morgan fingerprint density at radius 1 is 1.19 bits per heavy atom. The third-order valence-electron chi connectivity index (χ3n) is 2.86. The van der Waals surface area contributed by atoms with Crippen molar-refractivity contribution < 1.29 is 0 Å². The minimum absolute atomic E-state index is 0.472. The van der Waals surface area contributed by atoms with Crippen LogP contribution in [0.4, 0.5) is 0 Å². The summed E-state index contributed by atoms with van der Waals surface area (Å²) in [6, 6.07) is 0. The van der Waals surface area contributed by atoms with Crippen molar-refractivity contribution in [2.45, 2.75) is 53.6 Å². The topological polar surface area (TPSA) is 56.7 Å². The van der Waals surface area contributed by atoms with Gasteiger partial charge in [0.1, 0.15) is 11.6 Å². The normalized spacial score (nSPS) is 13.4. The average molecular weight is 224 g/mol. The first-order valence-electron chi connectivity index (χ1n) is 6.19. The Labute approximate surface area is 98.2 Å². The molecule has 16 heavy (non-hydrogen) atoms. The average Bonchev–Trinajstić information content (AvgIpc) is 2.60. The van der Waals surface area contributed by atoms with Gasteiger partial charge < -0.3 is 10.3 Å². The molecule has 0 radical (unpaired) electrons. The minimum Gasteiger partial charge on any atom is -0.324 e. The van der Waals surface area contributed by atoms with Crippen molar-refractivity contribution >= 4 is 0 Å². The number of nitrogens with zero attached hydrogens (tertiary/aromatic N) is 3. The Hall–Kier alpha value is -0.900. The summed E-state index contributed by atoms with van der Waals surface area (Å²) in [6.07, 6.45) is 2.17. The molecule has 0 bridgehead atoms. The van der Waals surface area contributed by atoms with Crippen LogP contribution in [-0.4, -0.2) is 14.8 Å². The molecular weight excluding hydrogens is 200 g/mol. The Kier molecular flexibility index (Phi) is 4.93. The van der Waals surface area contributed by atoms with Crippen molar-refractivity contribution in [3.05, 3.63) is 11.6 Å². The van der Waals surface area contributed by atoms with Gasteiger partial charge in [0, 0.05) is 13.0 Å². The first-order chi connectivity index (χ1) is 7.58. The molecule has 0 saturated carbocycles. The predicted octanol–water partition coefficient (Wildman–Crippen LogP) is 1.98. The van der Waals surface area contributed by atoms with Gasteiger partial charge in [-0.05, 0) is 11.8 Å². The number of aromatic nitrogens is 3. The Balaban J connectivity index is 2.86. The fourth-order valence-electron chi connectivity index (χ4n) is 1.71. The molecule has 0 aliphatic carbocycles. The van der Waals surface area contributed by atoms with Crippen LogP contribution in [-0.2, 0) is 19.5 Å². The fourth-order valence-corrected chi connectivity index (χ4v) is 1.71. The van der Waals surface area contributed by atoms with Gasteiger partial charge in [-0.15, -0.1) is 10.2 Å². The number of hydrogen-bond acceptors (Lipinski definition) is 3. The molecule has 1 atom stereocenters. The largest absolute Gasteiger partial charge is 0.324 e. The van der Waals surface area contributed by atoms with Gasteiger partial charge in [-0.3, -0.25) is 0 Å². The van der Waals surface area contributed by atoms with Crippen LogP contribution in [0.15, 0.2) is 0 Å². The van der Waals surface area contributed by atoms with Crippen molar-refractivity contribution in [3.63, 3.8) is 0 Å². The van der Waals surface area contributed by atoms with Crippen LogP contribution in [0.3, 0.4) is 0 Å². The minimum atomic E-state index is 0.472. The maximum absolute atomic E-state index is 5.68. The SMILES string of the molecule is CCC(C)Cc1nnc(CN)n1CC(C)C. The van der Waals surface area contributed by atoms with Gasteiger partial charge in [0.05, 0.1) is 6.54 Å². The van der Waals surface area contributed by atoms with Gasteiger partial charge >= 0.3 is 0 Å². The molecule has 4 heteroatoms.